The third-order valence-electron chi connectivity index (χ3n) is 1.63. The lowest BCUT2D eigenvalue weighted by Crippen LogP contribution is -2.31. The monoisotopic (exact) mass is 147 g/mol. The summed E-state index contributed by atoms with van der Waals surface area (Å²) in [5, 5.41) is 12.1. The fourth-order valence-corrected chi connectivity index (χ4v) is 1.10. The standard InChI is InChI=1S/C8H5NO2/c10-8-5-6-3-1-2-4-7(6)9(8)11/h1-5H. The number of rotatable bonds is 0. The zero-order valence-electron chi connectivity index (χ0n) is 5.65. The molecule has 0 unspecified atom stereocenters. The van der Waals surface area contributed by atoms with E-state index in [0.29, 0.717) is 15.3 Å². The lowest BCUT2D eigenvalue weighted by Gasteiger charge is -1.90. The SMILES string of the molecule is O=C1C=c2ccccc2=[N+]1[O-]. The molecule has 54 valence electrons. The van der Waals surface area contributed by atoms with Crippen LogP contribution in [-0.4, -0.2) is 5.91 Å². The summed E-state index contributed by atoms with van der Waals surface area (Å²) in [5.74, 6) is -0.494. The molecule has 0 aromatic heterocycles. The van der Waals surface area contributed by atoms with Gasteiger partial charge in [0, 0.05) is 6.07 Å². The molecule has 1 amide bonds. The van der Waals surface area contributed by atoms with Crippen LogP contribution >= 0.6 is 0 Å². The fraction of sp³-hybridized carbons (Fsp3) is 0. The molecule has 1 aromatic carbocycles. The van der Waals surface area contributed by atoms with Crippen LogP contribution in [0.2, 0.25) is 0 Å². The van der Waals surface area contributed by atoms with Gasteiger partial charge in [-0.15, -0.1) is 4.74 Å². The second-order valence-corrected chi connectivity index (χ2v) is 2.34. The second-order valence-electron chi connectivity index (χ2n) is 2.34. The summed E-state index contributed by atoms with van der Waals surface area (Å²) < 4.78 is 0.398. The van der Waals surface area contributed by atoms with E-state index < -0.39 is 5.91 Å². The number of hydrogen-bond donors (Lipinski definition) is 0. The second kappa shape index (κ2) is 1.92. The summed E-state index contributed by atoms with van der Waals surface area (Å²) >= 11 is 0. The molecular weight excluding hydrogens is 142 g/mol. The van der Waals surface area contributed by atoms with Crippen molar-refractivity contribution in [1.29, 1.82) is 0 Å². The van der Waals surface area contributed by atoms with Crippen molar-refractivity contribution in [1.82, 2.24) is 4.74 Å². The van der Waals surface area contributed by atoms with Gasteiger partial charge in [-0.3, -0.25) is 0 Å². The van der Waals surface area contributed by atoms with Crippen molar-refractivity contribution in [3.63, 3.8) is 0 Å². The zero-order valence-corrected chi connectivity index (χ0v) is 5.65. The van der Waals surface area contributed by atoms with Crippen LogP contribution in [0.25, 0.3) is 6.08 Å². The molecule has 0 fully saturated rings. The van der Waals surface area contributed by atoms with Crippen LogP contribution in [0.5, 0.6) is 0 Å². The van der Waals surface area contributed by atoms with Crippen molar-refractivity contribution in [2.45, 2.75) is 0 Å². The predicted molar refractivity (Wildman–Crippen MR) is 39.8 cm³/mol. The van der Waals surface area contributed by atoms with E-state index in [0.717, 1.165) is 0 Å². The summed E-state index contributed by atoms with van der Waals surface area (Å²) in [6.45, 7) is 0. The Morgan fingerprint density at radius 2 is 2.00 bits per heavy atom. The molecule has 1 aliphatic heterocycles. The van der Waals surface area contributed by atoms with Gasteiger partial charge in [-0.1, -0.05) is 12.1 Å². The molecule has 0 bridgehead atoms. The average Bonchev–Trinajstić information content (AvgIpc) is 2.30. The van der Waals surface area contributed by atoms with Gasteiger partial charge in [-0.2, -0.15) is 0 Å². The number of amides is 1. The van der Waals surface area contributed by atoms with Gasteiger partial charge in [-0.25, -0.2) is 4.79 Å². The third-order valence-corrected chi connectivity index (χ3v) is 1.63. The van der Waals surface area contributed by atoms with Gasteiger partial charge in [0.1, 0.15) is 0 Å². The number of para-hydroxylation sites is 1. The Morgan fingerprint density at radius 1 is 1.27 bits per heavy atom. The molecular formula is C8H5NO2. The van der Waals surface area contributed by atoms with Gasteiger partial charge >= 0.3 is 5.91 Å². The maximum Gasteiger partial charge on any atom is 0.424 e. The molecule has 1 aromatic rings. The molecule has 0 spiro atoms. The largest absolute Gasteiger partial charge is 0.615 e. The summed E-state index contributed by atoms with van der Waals surface area (Å²) in [6.07, 6.45) is 1.34. The Hall–Kier alpha value is -1.64. The van der Waals surface area contributed by atoms with Crippen molar-refractivity contribution in [2.75, 3.05) is 0 Å². The topological polar surface area (TPSA) is 43.1 Å². The van der Waals surface area contributed by atoms with E-state index in [2.05, 4.69) is 0 Å². The first-order valence-corrected chi connectivity index (χ1v) is 3.24. The molecule has 3 nitrogen and oxygen atoms in total. The molecule has 3 heteroatoms. The normalized spacial score (nSPS) is 14.5. The van der Waals surface area contributed by atoms with Gasteiger partial charge in [0.05, 0.1) is 11.3 Å². The number of benzene rings is 1. The van der Waals surface area contributed by atoms with E-state index in [-0.39, 0.29) is 0 Å². The number of hydroxylamine groups is 1. The molecule has 11 heavy (non-hydrogen) atoms. The van der Waals surface area contributed by atoms with E-state index in [4.69, 9.17) is 0 Å². The van der Waals surface area contributed by atoms with Crippen LogP contribution in [0, 0.1) is 5.21 Å². The van der Waals surface area contributed by atoms with Gasteiger partial charge in [0.2, 0.25) is 5.36 Å². The Bertz CT molecular complexity index is 434. The van der Waals surface area contributed by atoms with Gasteiger partial charge in [0.25, 0.3) is 0 Å². The molecule has 0 N–H and O–H groups in total. The van der Waals surface area contributed by atoms with Gasteiger partial charge in [0.15, 0.2) is 0 Å². The van der Waals surface area contributed by atoms with Crippen LogP contribution < -0.4 is 15.3 Å². The lowest BCUT2D eigenvalue weighted by atomic mass is 10.3. The predicted octanol–water partition coefficient (Wildman–Crippen LogP) is -1.00. The summed E-state index contributed by atoms with van der Waals surface area (Å²) in [4.78, 5) is 10.8. The summed E-state index contributed by atoms with van der Waals surface area (Å²) in [7, 11) is 0. The van der Waals surface area contributed by atoms with Crippen LogP contribution in [0.3, 0.4) is 0 Å². The Kier molecular flexibility index (Phi) is 1.06. The Labute approximate surface area is 62.5 Å². The van der Waals surface area contributed by atoms with Crippen molar-refractivity contribution in [3.05, 3.63) is 40.0 Å². The maximum atomic E-state index is 10.9. The first-order valence-electron chi connectivity index (χ1n) is 3.24. The van der Waals surface area contributed by atoms with Crippen molar-refractivity contribution >= 4 is 12.0 Å². The number of carbonyl (C=O) groups excluding carboxylic acids is 1. The highest BCUT2D eigenvalue weighted by molar-refractivity contribution is 6.06. The van der Waals surface area contributed by atoms with E-state index in [1.165, 1.54) is 6.08 Å². The first kappa shape index (κ1) is 6.09. The average molecular weight is 147 g/mol. The highest BCUT2D eigenvalue weighted by Crippen LogP contribution is 1.80. The first-order chi connectivity index (χ1) is 5.29. The Balaban J connectivity index is 3.00. The summed E-state index contributed by atoms with van der Waals surface area (Å²) in [6, 6.07) is 6.90. The maximum absolute atomic E-state index is 10.9. The zero-order chi connectivity index (χ0) is 7.84. The molecule has 1 heterocycles. The highest BCUT2D eigenvalue weighted by atomic mass is 16.5. The minimum atomic E-state index is -0.494. The fourth-order valence-electron chi connectivity index (χ4n) is 1.10. The molecule has 0 saturated heterocycles. The Morgan fingerprint density at radius 3 is 2.73 bits per heavy atom. The van der Waals surface area contributed by atoms with Crippen LogP contribution in [0.1, 0.15) is 0 Å². The van der Waals surface area contributed by atoms with Gasteiger partial charge < -0.3 is 5.21 Å². The van der Waals surface area contributed by atoms with E-state index in [1.54, 1.807) is 24.3 Å². The van der Waals surface area contributed by atoms with Gasteiger partial charge in [-0.05, 0) is 6.07 Å². The smallest absolute Gasteiger partial charge is 0.424 e. The minimum absolute atomic E-state index is 0.398. The number of fused-ring (bicyclic) bond motifs is 1. The van der Waals surface area contributed by atoms with Crippen molar-refractivity contribution in [3.8, 4) is 0 Å². The number of nitrogens with zero attached hydrogens (tertiary/aromatic N) is 1. The highest BCUT2D eigenvalue weighted by Gasteiger charge is 2.14. The van der Waals surface area contributed by atoms with Crippen LogP contribution in [0.15, 0.2) is 24.3 Å². The molecule has 0 atom stereocenters. The van der Waals surface area contributed by atoms with E-state index >= 15 is 0 Å². The molecule has 2 rings (SSSR count). The minimum Gasteiger partial charge on any atom is -0.615 e. The van der Waals surface area contributed by atoms with Crippen molar-refractivity contribution in [2.24, 2.45) is 0 Å². The molecule has 0 saturated carbocycles. The van der Waals surface area contributed by atoms with Crippen LogP contribution in [-0.2, 0) is 4.79 Å². The molecule has 0 radical (unpaired) electrons. The number of hydrogen-bond acceptors (Lipinski definition) is 2. The number of carbonyl (C=O) groups is 1. The van der Waals surface area contributed by atoms with E-state index in [1.807, 2.05) is 0 Å². The van der Waals surface area contributed by atoms with E-state index in [9.17, 15) is 10.0 Å². The van der Waals surface area contributed by atoms with Crippen LogP contribution in [0.4, 0.5) is 0 Å². The third kappa shape index (κ3) is 0.741. The quantitative estimate of drug-likeness (QED) is 0.349. The lowest BCUT2D eigenvalue weighted by molar-refractivity contribution is -0.115. The molecule has 0 aliphatic carbocycles. The molecule has 1 aliphatic rings. The van der Waals surface area contributed by atoms with Crippen molar-refractivity contribution < 1.29 is 4.79 Å². The summed E-state index contributed by atoms with van der Waals surface area (Å²) in [5.41, 5.74) is 0.